The number of rotatable bonds is 5. The molecule has 0 amide bonds. The van der Waals surface area contributed by atoms with Gasteiger partial charge in [-0.05, 0) is 25.8 Å². The van der Waals surface area contributed by atoms with Crippen molar-refractivity contribution in [2.75, 3.05) is 46.3 Å². The van der Waals surface area contributed by atoms with Gasteiger partial charge in [0.05, 0.1) is 0 Å². The average molecular weight is 239 g/mol. The van der Waals surface area contributed by atoms with Crippen molar-refractivity contribution >= 4 is 0 Å². The van der Waals surface area contributed by atoms with E-state index in [1.54, 1.807) is 0 Å². The smallest absolute Gasteiger partial charge is 0.0121 e. The molecule has 1 saturated carbocycles. The largest absolute Gasteiger partial charge is 0.314 e. The van der Waals surface area contributed by atoms with E-state index in [0.29, 0.717) is 0 Å². The van der Waals surface area contributed by atoms with E-state index in [1.165, 1.54) is 65.0 Å². The molecule has 0 spiro atoms. The summed E-state index contributed by atoms with van der Waals surface area (Å²) >= 11 is 0. The summed E-state index contributed by atoms with van der Waals surface area (Å²) in [5.74, 6) is 0.961. The summed E-state index contributed by atoms with van der Waals surface area (Å²) in [7, 11) is 2.33. The van der Waals surface area contributed by atoms with Gasteiger partial charge in [0, 0.05) is 45.3 Å². The Bertz CT molecular complexity index is 214. The molecule has 1 N–H and O–H groups in total. The van der Waals surface area contributed by atoms with Gasteiger partial charge in [-0.2, -0.15) is 0 Å². The lowest BCUT2D eigenvalue weighted by Gasteiger charge is -2.33. The van der Waals surface area contributed by atoms with Crippen LogP contribution in [0.2, 0.25) is 0 Å². The summed E-state index contributed by atoms with van der Waals surface area (Å²) in [6, 6.07) is 0.864. The lowest BCUT2D eigenvalue weighted by Crippen LogP contribution is -2.47. The normalized spacial score (nSPS) is 31.2. The van der Waals surface area contributed by atoms with Crippen LogP contribution < -0.4 is 5.32 Å². The Morgan fingerprint density at radius 2 is 2.00 bits per heavy atom. The topological polar surface area (TPSA) is 18.5 Å². The summed E-state index contributed by atoms with van der Waals surface area (Å²) < 4.78 is 0. The zero-order valence-electron chi connectivity index (χ0n) is 11.6. The van der Waals surface area contributed by atoms with E-state index in [0.717, 1.165) is 12.0 Å². The number of hydrogen-bond acceptors (Lipinski definition) is 3. The summed E-state index contributed by atoms with van der Waals surface area (Å²) in [6.45, 7) is 9.67. The van der Waals surface area contributed by atoms with Gasteiger partial charge in [-0.3, -0.25) is 4.90 Å². The van der Waals surface area contributed by atoms with Gasteiger partial charge in [0.15, 0.2) is 0 Å². The van der Waals surface area contributed by atoms with Crippen LogP contribution in [0.5, 0.6) is 0 Å². The van der Waals surface area contributed by atoms with Gasteiger partial charge < -0.3 is 10.2 Å². The van der Waals surface area contributed by atoms with Gasteiger partial charge >= 0.3 is 0 Å². The molecule has 2 fully saturated rings. The van der Waals surface area contributed by atoms with Crippen LogP contribution in [0, 0.1) is 5.92 Å². The molecule has 1 saturated heterocycles. The Hall–Kier alpha value is -0.120. The van der Waals surface area contributed by atoms with Gasteiger partial charge in [0.1, 0.15) is 0 Å². The highest BCUT2D eigenvalue weighted by Crippen LogP contribution is 2.31. The number of hydrogen-bond donors (Lipinski definition) is 1. The monoisotopic (exact) mass is 239 g/mol. The van der Waals surface area contributed by atoms with E-state index in [1.807, 2.05) is 0 Å². The van der Waals surface area contributed by atoms with E-state index in [-0.39, 0.29) is 0 Å². The van der Waals surface area contributed by atoms with E-state index in [9.17, 15) is 0 Å². The third-order valence-electron chi connectivity index (χ3n) is 4.69. The third kappa shape index (κ3) is 3.67. The Kier molecular flexibility index (Phi) is 5.26. The van der Waals surface area contributed by atoms with Crippen molar-refractivity contribution in [3.63, 3.8) is 0 Å². The average Bonchev–Trinajstić information content (AvgIpc) is 2.85. The third-order valence-corrected chi connectivity index (χ3v) is 4.69. The quantitative estimate of drug-likeness (QED) is 0.782. The zero-order valence-corrected chi connectivity index (χ0v) is 11.6. The summed E-state index contributed by atoms with van der Waals surface area (Å²) in [6.07, 6.45) is 5.69. The van der Waals surface area contributed by atoms with Crippen molar-refractivity contribution in [3.05, 3.63) is 0 Å². The molecular formula is C14H29N3. The first-order valence-corrected chi connectivity index (χ1v) is 7.44. The molecule has 0 aromatic carbocycles. The Morgan fingerprint density at radius 3 is 2.71 bits per heavy atom. The maximum Gasteiger partial charge on any atom is 0.0121 e. The fourth-order valence-corrected chi connectivity index (χ4v) is 3.47. The lowest BCUT2D eigenvalue weighted by atomic mass is 9.99. The van der Waals surface area contributed by atoms with E-state index < -0.39 is 0 Å². The Morgan fingerprint density at radius 1 is 1.24 bits per heavy atom. The standard InChI is InChI=1S/C14H29N3/c1-3-13-5-4-6-14(13)16(2)11-12-17-9-7-15-8-10-17/h13-15H,3-12H2,1-2H3. The van der Waals surface area contributed by atoms with E-state index >= 15 is 0 Å². The van der Waals surface area contributed by atoms with Crippen LogP contribution in [0.1, 0.15) is 32.6 Å². The minimum atomic E-state index is 0.864. The first-order chi connectivity index (χ1) is 8.31. The molecule has 2 atom stereocenters. The molecular weight excluding hydrogens is 210 g/mol. The van der Waals surface area contributed by atoms with Crippen molar-refractivity contribution in [1.29, 1.82) is 0 Å². The lowest BCUT2D eigenvalue weighted by molar-refractivity contribution is 0.154. The first kappa shape index (κ1) is 13.3. The molecule has 2 rings (SSSR count). The molecule has 3 nitrogen and oxygen atoms in total. The van der Waals surface area contributed by atoms with E-state index in [4.69, 9.17) is 0 Å². The van der Waals surface area contributed by atoms with Crippen molar-refractivity contribution < 1.29 is 0 Å². The predicted molar refractivity (Wildman–Crippen MR) is 73.4 cm³/mol. The molecule has 3 heteroatoms. The first-order valence-electron chi connectivity index (χ1n) is 7.44. The zero-order chi connectivity index (χ0) is 12.1. The van der Waals surface area contributed by atoms with Crippen LogP contribution in [0.15, 0.2) is 0 Å². The molecule has 1 aliphatic carbocycles. The molecule has 1 heterocycles. The molecule has 100 valence electrons. The van der Waals surface area contributed by atoms with Crippen molar-refractivity contribution in [1.82, 2.24) is 15.1 Å². The number of nitrogens with one attached hydrogen (secondary N) is 1. The fourth-order valence-electron chi connectivity index (χ4n) is 3.47. The summed E-state index contributed by atoms with van der Waals surface area (Å²) in [5.41, 5.74) is 0. The SMILES string of the molecule is CCC1CCCC1N(C)CCN1CCNCC1. The maximum atomic E-state index is 3.42. The van der Waals surface area contributed by atoms with Crippen LogP contribution in [-0.2, 0) is 0 Å². The van der Waals surface area contributed by atoms with Crippen molar-refractivity contribution in [3.8, 4) is 0 Å². The Labute approximate surface area is 107 Å². The van der Waals surface area contributed by atoms with Crippen LogP contribution in [0.4, 0.5) is 0 Å². The predicted octanol–water partition coefficient (Wildman–Crippen LogP) is 1.40. The maximum absolute atomic E-state index is 3.42. The molecule has 1 aliphatic heterocycles. The highest BCUT2D eigenvalue weighted by Gasteiger charge is 2.28. The van der Waals surface area contributed by atoms with Gasteiger partial charge in [0.25, 0.3) is 0 Å². The Balaban J connectivity index is 1.70. The number of likely N-dealkylation sites (N-methyl/N-ethyl adjacent to an activating group) is 1. The highest BCUT2D eigenvalue weighted by atomic mass is 15.2. The minimum absolute atomic E-state index is 0.864. The molecule has 0 bridgehead atoms. The van der Waals surface area contributed by atoms with Gasteiger partial charge in [-0.25, -0.2) is 0 Å². The molecule has 0 radical (unpaired) electrons. The summed E-state index contributed by atoms with van der Waals surface area (Å²) in [5, 5.41) is 3.42. The van der Waals surface area contributed by atoms with Crippen LogP contribution >= 0.6 is 0 Å². The van der Waals surface area contributed by atoms with Crippen molar-refractivity contribution in [2.45, 2.75) is 38.6 Å². The second-order valence-electron chi connectivity index (χ2n) is 5.74. The van der Waals surface area contributed by atoms with Crippen molar-refractivity contribution in [2.24, 2.45) is 5.92 Å². The van der Waals surface area contributed by atoms with Crippen LogP contribution in [0.3, 0.4) is 0 Å². The van der Waals surface area contributed by atoms with Crippen LogP contribution in [-0.4, -0.2) is 62.2 Å². The van der Waals surface area contributed by atoms with Gasteiger partial charge in [0.2, 0.25) is 0 Å². The molecule has 2 unspecified atom stereocenters. The second kappa shape index (κ2) is 6.72. The van der Waals surface area contributed by atoms with Gasteiger partial charge in [-0.1, -0.05) is 19.8 Å². The molecule has 0 aromatic heterocycles. The molecule has 0 aromatic rings. The number of piperazine rings is 1. The number of nitrogens with zero attached hydrogens (tertiary/aromatic N) is 2. The minimum Gasteiger partial charge on any atom is -0.314 e. The molecule has 2 aliphatic rings. The fraction of sp³-hybridized carbons (Fsp3) is 1.00. The highest BCUT2D eigenvalue weighted by molar-refractivity contribution is 4.83. The molecule has 17 heavy (non-hydrogen) atoms. The van der Waals surface area contributed by atoms with Crippen LogP contribution in [0.25, 0.3) is 0 Å². The second-order valence-corrected chi connectivity index (χ2v) is 5.74. The van der Waals surface area contributed by atoms with Gasteiger partial charge in [-0.15, -0.1) is 0 Å². The van der Waals surface area contributed by atoms with E-state index in [2.05, 4.69) is 29.1 Å². The summed E-state index contributed by atoms with van der Waals surface area (Å²) in [4.78, 5) is 5.23.